The highest BCUT2D eigenvalue weighted by Gasteiger charge is 2.32. The normalized spacial score (nSPS) is 10.3. The minimum Gasteiger partial charge on any atom is -0.437 e. The van der Waals surface area contributed by atoms with E-state index in [4.69, 9.17) is 26.9 Å². The number of hydrazone groups is 1. The van der Waals surface area contributed by atoms with Gasteiger partial charge in [-0.1, -0.05) is 17.7 Å². The third-order valence-electron chi connectivity index (χ3n) is 2.67. The molecule has 6 nitrogen and oxygen atoms in total. The van der Waals surface area contributed by atoms with Crippen LogP contribution in [0.2, 0.25) is 5.02 Å². The second-order valence-corrected chi connectivity index (χ2v) is 4.81. The van der Waals surface area contributed by atoms with Crippen molar-refractivity contribution in [1.29, 1.82) is 10.5 Å². The Hall–Kier alpha value is -3.30. The van der Waals surface area contributed by atoms with Crippen molar-refractivity contribution in [3.63, 3.8) is 0 Å². The summed E-state index contributed by atoms with van der Waals surface area (Å²) in [6.07, 6.45) is -4.59. The van der Waals surface area contributed by atoms with Crippen molar-refractivity contribution in [2.45, 2.75) is 6.18 Å². The largest absolute Gasteiger partial charge is 0.437 e. The quantitative estimate of drug-likeness (QED) is 0.641. The van der Waals surface area contributed by atoms with E-state index >= 15 is 0 Å². The van der Waals surface area contributed by atoms with Crippen molar-refractivity contribution in [2.75, 3.05) is 5.43 Å². The molecule has 1 aromatic carbocycles. The molecule has 0 saturated heterocycles. The van der Waals surface area contributed by atoms with Gasteiger partial charge in [0.2, 0.25) is 11.6 Å². The smallest absolute Gasteiger partial charge is 0.433 e. The highest BCUT2D eigenvalue weighted by atomic mass is 35.5. The van der Waals surface area contributed by atoms with Gasteiger partial charge in [-0.05, 0) is 24.3 Å². The summed E-state index contributed by atoms with van der Waals surface area (Å²) in [5, 5.41) is 20.7. The standard InChI is InChI=1S/C15H7ClF3N5O/c16-11-6-9(23-24-10(7-20)8-21)4-5-12(11)25-14-3-1-2-13(22-14)15(17,18)19/h1-6,23H. The van der Waals surface area contributed by atoms with Crippen LogP contribution >= 0.6 is 11.6 Å². The lowest BCUT2D eigenvalue weighted by Gasteiger charge is -2.10. The molecular weight excluding hydrogens is 359 g/mol. The molecule has 0 radical (unpaired) electrons. The van der Waals surface area contributed by atoms with Crippen LogP contribution in [-0.4, -0.2) is 10.7 Å². The molecule has 0 aliphatic rings. The summed E-state index contributed by atoms with van der Waals surface area (Å²) >= 11 is 6.00. The van der Waals surface area contributed by atoms with E-state index in [2.05, 4.69) is 15.5 Å². The van der Waals surface area contributed by atoms with E-state index in [9.17, 15) is 13.2 Å². The van der Waals surface area contributed by atoms with Crippen LogP contribution in [0.25, 0.3) is 0 Å². The van der Waals surface area contributed by atoms with E-state index < -0.39 is 11.9 Å². The first-order chi connectivity index (χ1) is 11.8. The van der Waals surface area contributed by atoms with Gasteiger partial charge >= 0.3 is 6.18 Å². The molecule has 0 amide bonds. The molecule has 2 rings (SSSR count). The Kier molecular flexibility index (Phi) is 5.42. The Morgan fingerprint density at radius 2 is 1.92 bits per heavy atom. The van der Waals surface area contributed by atoms with Gasteiger partial charge in [0.05, 0.1) is 10.7 Å². The molecular formula is C15H7ClF3N5O. The van der Waals surface area contributed by atoms with Crippen LogP contribution in [0.1, 0.15) is 5.69 Å². The van der Waals surface area contributed by atoms with Crippen molar-refractivity contribution < 1.29 is 17.9 Å². The van der Waals surface area contributed by atoms with Crippen molar-refractivity contribution in [1.82, 2.24) is 4.98 Å². The number of hydrogen-bond donors (Lipinski definition) is 1. The van der Waals surface area contributed by atoms with Gasteiger partial charge in [0.25, 0.3) is 0 Å². The number of rotatable bonds is 4. The number of nitriles is 2. The Morgan fingerprint density at radius 1 is 1.20 bits per heavy atom. The number of ether oxygens (including phenoxy) is 1. The maximum absolute atomic E-state index is 12.6. The number of halogens is 4. The lowest BCUT2D eigenvalue weighted by molar-refractivity contribution is -0.141. The summed E-state index contributed by atoms with van der Waals surface area (Å²) < 4.78 is 43.2. The predicted molar refractivity (Wildman–Crippen MR) is 83.0 cm³/mol. The summed E-state index contributed by atoms with van der Waals surface area (Å²) in [5.41, 5.74) is 1.32. The molecule has 10 heteroatoms. The summed E-state index contributed by atoms with van der Waals surface area (Å²) in [5.74, 6) is -0.199. The van der Waals surface area contributed by atoms with Crippen LogP contribution in [0.5, 0.6) is 11.6 Å². The maximum Gasteiger partial charge on any atom is 0.433 e. The number of benzene rings is 1. The number of nitrogens with zero attached hydrogens (tertiary/aromatic N) is 4. The van der Waals surface area contributed by atoms with Gasteiger partial charge < -0.3 is 4.74 Å². The second kappa shape index (κ2) is 7.51. The third kappa shape index (κ3) is 4.83. The summed E-state index contributed by atoms with van der Waals surface area (Å²) in [6, 6.07) is 10.6. The van der Waals surface area contributed by atoms with Crippen LogP contribution in [0.3, 0.4) is 0 Å². The van der Waals surface area contributed by atoms with Gasteiger partial charge in [0, 0.05) is 6.07 Å². The minimum atomic E-state index is -4.59. The lowest BCUT2D eigenvalue weighted by Crippen LogP contribution is -2.08. The van der Waals surface area contributed by atoms with Crippen LogP contribution < -0.4 is 10.2 Å². The molecule has 1 N–H and O–H groups in total. The van der Waals surface area contributed by atoms with Crippen molar-refractivity contribution in [3.05, 3.63) is 47.1 Å². The molecule has 1 heterocycles. The second-order valence-electron chi connectivity index (χ2n) is 4.40. The fraction of sp³-hybridized carbons (Fsp3) is 0.0667. The third-order valence-corrected chi connectivity index (χ3v) is 2.96. The number of pyridine rings is 1. The van der Waals surface area contributed by atoms with Gasteiger partial charge in [-0.2, -0.15) is 28.8 Å². The maximum atomic E-state index is 12.6. The monoisotopic (exact) mass is 365 g/mol. The van der Waals surface area contributed by atoms with Crippen LogP contribution in [-0.2, 0) is 6.18 Å². The number of nitrogens with one attached hydrogen (secondary N) is 1. The van der Waals surface area contributed by atoms with Crippen LogP contribution in [0.15, 0.2) is 41.5 Å². The molecule has 2 aromatic rings. The first-order valence-electron chi connectivity index (χ1n) is 6.49. The zero-order valence-corrected chi connectivity index (χ0v) is 12.9. The van der Waals surface area contributed by atoms with Gasteiger partial charge in [-0.3, -0.25) is 5.43 Å². The predicted octanol–water partition coefficient (Wildman–Crippen LogP) is 4.36. The van der Waals surface area contributed by atoms with E-state index in [0.29, 0.717) is 5.69 Å². The molecule has 0 saturated carbocycles. The molecule has 0 spiro atoms. The average Bonchev–Trinajstić information content (AvgIpc) is 2.57. The first-order valence-corrected chi connectivity index (χ1v) is 6.87. The van der Waals surface area contributed by atoms with Crippen LogP contribution in [0, 0.1) is 22.7 Å². The molecule has 0 aliphatic carbocycles. The van der Waals surface area contributed by atoms with Gasteiger partial charge in [-0.25, -0.2) is 4.98 Å². The highest BCUT2D eigenvalue weighted by Crippen LogP contribution is 2.33. The molecule has 0 unspecified atom stereocenters. The molecule has 25 heavy (non-hydrogen) atoms. The average molecular weight is 366 g/mol. The van der Waals surface area contributed by atoms with E-state index in [1.165, 1.54) is 24.3 Å². The SMILES string of the molecule is N#CC(C#N)=NNc1ccc(Oc2cccc(C(F)(F)F)n2)c(Cl)c1. The number of aromatic nitrogens is 1. The summed E-state index contributed by atoms with van der Waals surface area (Å²) in [4.78, 5) is 3.37. The van der Waals surface area contributed by atoms with E-state index in [1.807, 2.05) is 0 Å². The van der Waals surface area contributed by atoms with Crippen molar-refractivity contribution in [2.24, 2.45) is 5.10 Å². The van der Waals surface area contributed by atoms with Crippen LogP contribution in [0.4, 0.5) is 18.9 Å². The number of hydrogen-bond acceptors (Lipinski definition) is 6. The summed E-state index contributed by atoms with van der Waals surface area (Å²) in [7, 11) is 0. The van der Waals surface area contributed by atoms with E-state index in [-0.39, 0.29) is 22.4 Å². The molecule has 1 aromatic heterocycles. The topological polar surface area (TPSA) is 94.1 Å². The lowest BCUT2D eigenvalue weighted by atomic mass is 10.3. The number of anilines is 1. The van der Waals surface area contributed by atoms with Crippen molar-refractivity contribution >= 4 is 23.0 Å². The molecule has 0 fully saturated rings. The Morgan fingerprint density at radius 3 is 2.52 bits per heavy atom. The Labute approximate surface area is 144 Å². The Bertz CT molecular complexity index is 883. The molecule has 0 aliphatic heterocycles. The molecule has 0 atom stereocenters. The van der Waals surface area contributed by atoms with E-state index in [0.717, 1.165) is 12.1 Å². The first kappa shape index (κ1) is 18.0. The van der Waals surface area contributed by atoms with Gasteiger partial charge in [-0.15, -0.1) is 0 Å². The van der Waals surface area contributed by atoms with E-state index in [1.54, 1.807) is 12.1 Å². The van der Waals surface area contributed by atoms with Gasteiger partial charge in [0.15, 0.2) is 0 Å². The highest BCUT2D eigenvalue weighted by molar-refractivity contribution is 6.32. The zero-order chi connectivity index (χ0) is 18.4. The zero-order valence-electron chi connectivity index (χ0n) is 12.2. The fourth-order valence-electron chi connectivity index (χ4n) is 1.59. The van der Waals surface area contributed by atoms with Crippen molar-refractivity contribution in [3.8, 4) is 23.8 Å². The van der Waals surface area contributed by atoms with Gasteiger partial charge in [0.1, 0.15) is 23.6 Å². The molecule has 126 valence electrons. The fourth-order valence-corrected chi connectivity index (χ4v) is 1.81. The summed E-state index contributed by atoms with van der Waals surface area (Å²) in [6.45, 7) is 0. The molecule has 0 bridgehead atoms. The number of alkyl halides is 3. The minimum absolute atomic E-state index is 0.0647. The Balaban J connectivity index is 2.19.